The van der Waals surface area contributed by atoms with E-state index in [0.29, 0.717) is 47.0 Å². The van der Waals surface area contributed by atoms with Crippen LogP contribution in [0.5, 0.6) is 0 Å². The topological polar surface area (TPSA) is 141 Å². The van der Waals surface area contributed by atoms with Crippen LogP contribution in [-0.2, 0) is 26.3 Å². The van der Waals surface area contributed by atoms with E-state index in [2.05, 4.69) is 26.2 Å². The van der Waals surface area contributed by atoms with Gasteiger partial charge in [-0.15, -0.1) is 0 Å². The van der Waals surface area contributed by atoms with Gasteiger partial charge in [0.05, 0.1) is 12.2 Å². The molecule has 3 heterocycles. The monoisotopic (exact) mass is 660 g/mol. The number of likely N-dealkylation sites (tertiary alicyclic amines) is 1. The molecule has 1 spiro atoms. The number of halogens is 1. The maximum atomic E-state index is 14.0. The number of piperazine rings is 1. The summed E-state index contributed by atoms with van der Waals surface area (Å²) in [6.07, 6.45) is -0.515. The molecule has 0 aliphatic carbocycles. The van der Waals surface area contributed by atoms with Crippen molar-refractivity contribution >= 4 is 47.0 Å². The van der Waals surface area contributed by atoms with Crippen LogP contribution in [0.2, 0.25) is 5.02 Å². The minimum atomic E-state index is -1.05. The van der Waals surface area contributed by atoms with E-state index in [1.807, 2.05) is 30.3 Å². The van der Waals surface area contributed by atoms with Gasteiger partial charge in [0.1, 0.15) is 12.6 Å². The minimum Gasteiger partial charge on any atom is -0.448 e. The number of amides is 4. The molecule has 6 rings (SSSR count). The molecular weight excluding hydrogens is 624 g/mol. The number of nitrogens with zero attached hydrogens (tertiary/aromatic N) is 2. The van der Waals surface area contributed by atoms with Crippen molar-refractivity contribution in [1.29, 1.82) is 0 Å². The number of hydrogen-bond donors (Lipinski definition) is 4. The molecule has 1 unspecified atom stereocenters. The molecule has 4 amide bonds. The lowest BCUT2D eigenvalue weighted by Crippen LogP contribution is -2.50. The standard InChI is InChI=1S/C34H37ClN6O6/c35-25-8-11-28-27(21-25)34(47-33(45)39-28)12-15-41(22-34)31(43)29(20-23-4-2-1-3-5-23)38-30(42)24-6-9-26(10-7-24)37-32(44)46-19-18-40-16-13-36-14-17-40/h1-11,21,29,36H,12-20,22H2,(H,37,44)(H,38,42)(H,39,45)/t29-,34?/m0/s1. The Hall–Kier alpha value is -4.65. The number of carbonyl (C=O) groups excluding carboxylic acids is 4. The number of rotatable bonds is 9. The van der Waals surface area contributed by atoms with Crippen LogP contribution in [0.4, 0.5) is 21.0 Å². The molecule has 2 atom stereocenters. The van der Waals surface area contributed by atoms with Gasteiger partial charge in [-0.1, -0.05) is 41.9 Å². The predicted octanol–water partition coefficient (Wildman–Crippen LogP) is 3.82. The van der Waals surface area contributed by atoms with Gasteiger partial charge in [0.25, 0.3) is 5.91 Å². The molecule has 246 valence electrons. The normalized spacial score (nSPS) is 19.7. The van der Waals surface area contributed by atoms with Crippen molar-refractivity contribution in [1.82, 2.24) is 20.4 Å². The fourth-order valence-electron chi connectivity index (χ4n) is 6.22. The highest BCUT2D eigenvalue weighted by atomic mass is 35.5. The molecule has 3 aromatic rings. The average molecular weight is 661 g/mol. The van der Waals surface area contributed by atoms with Crippen LogP contribution in [0, 0.1) is 0 Å². The smallest absolute Gasteiger partial charge is 0.412 e. The number of carbonyl (C=O) groups is 4. The van der Waals surface area contributed by atoms with Crippen LogP contribution in [0.15, 0.2) is 72.8 Å². The summed E-state index contributed by atoms with van der Waals surface area (Å²) in [5.41, 5.74) is 1.93. The molecule has 0 bridgehead atoms. The third kappa shape index (κ3) is 7.84. The second kappa shape index (κ2) is 14.4. The van der Waals surface area contributed by atoms with Crippen LogP contribution in [-0.4, -0.2) is 92.3 Å². The van der Waals surface area contributed by atoms with Gasteiger partial charge in [-0.25, -0.2) is 9.59 Å². The zero-order chi connectivity index (χ0) is 32.8. The highest BCUT2D eigenvalue weighted by molar-refractivity contribution is 6.30. The molecule has 2 saturated heterocycles. The van der Waals surface area contributed by atoms with Crippen LogP contribution in [0.3, 0.4) is 0 Å². The minimum absolute atomic E-state index is 0.124. The summed E-state index contributed by atoms with van der Waals surface area (Å²) >= 11 is 6.28. The lowest BCUT2D eigenvalue weighted by atomic mass is 9.90. The summed E-state index contributed by atoms with van der Waals surface area (Å²) in [6, 6.07) is 20.1. The third-order valence-electron chi connectivity index (χ3n) is 8.67. The van der Waals surface area contributed by atoms with E-state index >= 15 is 0 Å². The first-order valence-corrected chi connectivity index (χ1v) is 16.1. The molecule has 2 fully saturated rings. The second-order valence-corrected chi connectivity index (χ2v) is 12.3. The molecule has 12 nitrogen and oxygen atoms in total. The summed E-state index contributed by atoms with van der Waals surface area (Å²) in [4.78, 5) is 56.1. The van der Waals surface area contributed by atoms with Crippen molar-refractivity contribution in [3.05, 3.63) is 94.5 Å². The van der Waals surface area contributed by atoms with Crippen molar-refractivity contribution < 1.29 is 28.7 Å². The van der Waals surface area contributed by atoms with Gasteiger partial charge < -0.3 is 25.0 Å². The summed E-state index contributed by atoms with van der Waals surface area (Å²) in [5.74, 6) is -0.733. The van der Waals surface area contributed by atoms with Crippen molar-refractivity contribution in [3.8, 4) is 0 Å². The van der Waals surface area contributed by atoms with E-state index in [0.717, 1.165) is 31.7 Å². The summed E-state index contributed by atoms with van der Waals surface area (Å²) < 4.78 is 11.1. The van der Waals surface area contributed by atoms with Crippen LogP contribution >= 0.6 is 11.6 Å². The molecule has 13 heteroatoms. The number of benzene rings is 3. The van der Waals surface area contributed by atoms with Crippen molar-refractivity contribution in [2.75, 3.05) is 63.1 Å². The number of anilines is 2. The Morgan fingerprint density at radius 1 is 1.00 bits per heavy atom. The maximum absolute atomic E-state index is 14.0. The molecule has 47 heavy (non-hydrogen) atoms. The average Bonchev–Trinajstić information content (AvgIpc) is 3.49. The van der Waals surface area contributed by atoms with Gasteiger partial charge in [-0.3, -0.25) is 25.1 Å². The third-order valence-corrected chi connectivity index (χ3v) is 8.91. The molecular formula is C34H37ClN6O6. The number of ether oxygens (including phenoxy) is 2. The van der Waals surface area contributed by atoms with Crippen LogP contribution in [0.1, 0.15) is 27.9 Å². The second-order valence-electron chi connectivity index (χ2n) is 11.9. The SMILES string of the molecule is O=C(Nc1ccc(C(=O)N[C@@H](Cc2ccccc2)C(=O)N2CCC3(C2)OC(=O)Nc2ccc(Cl)cc23)cc1)OCCN1CCNCC1. The number of hydrogen-bond acceptors (Lipinski definition) is 8. The Balaban J connectivity index is 1.10. The molecule has 4 N–H and O–H groups in total. The van der Waals surface area contributed by atoms with Gasteiger partial charge in [0, 0.05) is 73.9 Å². The van der Waals surface area contributed by atoms with Gasteiger partial charge >= 0.3 is 12.2 Å². The highest BCUT2D eigenvalue weighted by Crippen LogP contribution is 2.44. The molecule has 3 aromatic carbocycles. The molecule has 3 aliphatic heterocycles. The molecule has 0 aromatic heterocycles. The summed E-state index contributed by atoms with van der Waals surface area (Å²) in [7, 11) is 0. The molecule has 0 saturated carbocycles. The van der Waals surface area contributed by atoms with E-state index in [1.165, 1.54) is 0 Å². The van der Waals surface area contributed by atoms with Gasteiger partial charge in [-0.05, 0) is 48.0 Å². The van der Waals surface area contributed by atoms with Crippen molar-refractivity contribution in [3.63, 3.8) is 0 Å². The first kappa shape index (κ1) is 32.3. The quantitative estimate of drug-likeness (QED) is 0.272. The molecule has 3 aliphatic rings. The fraction of sp³-hybridized carbons (Fsp3) is 0.353. The Morgan fingerprint density at radius 3 is 2.53 bits per heavy atom. The fourth-order valence-corrected chi connectivity index (χ4v) is 6.39. The molecule has 0 radical (unpaired) electrons. The van der Waals surface area contributed by atoms with E-state index < -0.39 is 29.7 Å². The first-order valence-electron chi connectivity index (χ1n) is 15.7. The number of fused-ring (bicyclic) bond motifs is 2. The van der Waals surface area contributed by atoms with Gasteiger partial charge in [0.2, 0.25) is 5.91 Å². The van der Waals surface area contributed by atoms with Crippen molar-refractivity contribution in [2.24, 2.45) is 0 Å². The lowest BCUT2D eigenvalue weighted by molar-refractivity contribution is -0.133. The largest absolute Gasteiger partial charge is 0.448 e. The van der Waals surface area contributed by atoms with Gasteiger partial charge in [0.15, 0.2) is 5.60 Å². The number of nitrogens with one attached hydrogen (secondary N) is 4. The zero-order valence-electron chi connectivity index (χ0n) is 25.8. The summed E-state index contributed by atoms with van der Waals surface area (Å²) in [6.45, 7) is 5.08. The maximum Gasteiger partial charge on any atom is 0.412 e. The highest BCUT2D eigenvalue weighted by Gasteiger charge is 2.49. The van der Waals surface area contributed by atoms with Crippen molar-refractivity contribution in [2.45, 2.75) is 24.5 Å². The Bertz CT molecular complexity index is 1620. The first-order chi connectivity index (χ1) is 22.8. The summed E-state index contributed by atoms with van der Waals surface area (Å²) in [5, 5.41) is 12.1. The Morgan fingerprint density at radius 2 is 1.77 bits per heavy atom. The van der Waals surface area contributed by atoms with E-state index in [9.17, 15) is 19.2 Å². The Labute approximate surface area is 277 Å². The Kier molecular flexibility index (Phi) is 9.90. The lowest BCUT2D eigenvalue weighted by Gasteiger charge is -2.35. The van der Waals surface area contributed by atoms with E-state index in [1.54, 1.807) is 47.4 Å². The van der Waals surface area contributed by atoms with E-state index in [-0.39, 0.29) is 25.5 Å². The van der Waals surface area contributed by atoms with Gasteiger partial charge in [-0.2, -0.15) is 0 Å². The van der Waals surface area contributed by atoms with E-state index in [4.69, 9.17) is 21.1 Å². The zero-order valence-corrected chi connectivity index (χ0v) is 26.6. The van der Waals surface area contributed by atoms with Crippen LogP contribution in [0.25, 0.3) is 0 Å². The van der Waals surface area contributed by atoms with Crippen LogP contribution < -0.4 is 21.3 Å². The predicted molar refractivity (Wildman–Crippen MR) is 177 cm³/mol.